The number of fused-ring (bicyclic) bond motifs is 2. The van der Waals surface area contributed by atoms with E-state index >= 15 is 4.39 Å². The number of rotatable bonds is 2. The van der Waals surface area contributed by atoms with Crippen LogP contribution in [-0.2, 0) is 12.4 Å². The van der Waals surface area contributed by atoms with Crippen LogP contribution < -0.4 is 0 Å². The van der Waals surface area contributed by atoms with Crippen molar-refractivity contribution in [3.8, 4) is 18.2 Å². The molecular weight excluding hydrogens is 625 g/mol. The minimum absolute atomic E-state index is 0.00204. The summed E-state index contributed by atoms with van der Waals surface area (Å²) >= 11 is 0. The van der Waals surface area contributed by atoms with Crippen molar-refractivity contribution in [1.82, 2.24) is 0 Å². The number of allylic oxidation sites excluding steroid dienone is 7. The second-order valence-electron chi connectivity index (χ2n) is 9.75. The molecule has 3 aromatic rings. The molecule has 5 rings (SSSR count). The quantitative estimate of drug-likeness (QED) is 0.160. The number of hydrogen-bond donors (Lipinski definition) is 0. The first-order chi connectivity index (χ1) is 22.3. The van der Waals surface area contributed by atoms with Crippen LogP contribution in [0.3, 0.4) is 0 Å². The van der Waals surface area contributed by atoms with Crippen molar-refractivity contribution >= 4 is 33.6 Å². The molecule has 0 amide bonds. The minimum atomic E-state index is -5.54. The van der Waals surface area contributed by atoms with Gasteiger partial charge in [-0.25, -0.2) is 29.4 Å². The van der Waals surface area contributed by atoms with Crippen LogP contribution in [0.1, 0.15) is 44.5 Å². The van der Waals surface area contributed by atoms with Crippen LogP contribution in [0.25, 0.3) is 48.1 Å². The third kappa shape index (κ3) is 4.77. The largest absolute Gasteiger partial charge is 0.417 e. The van der Waals surface area contributed by atoms with Crippen molar-refractivity contribution in [3.05, 3.63) is 151 Å². The fourth-order valence-corrected chi connectivity index (χ4v) is 5.62. The topological polar surface area (TPSA) is 84.4 Å². The first-order valence-electron chi connectivity index (χ1n) is 12.8. The molecule has 0 unspecified atom stereocenters. The lowest BCUT2D eigenvalue weighted by atomic mass is 9.90. The molecule has 0 bridgehead atoms. The second kappa shape index (κ2) is 11.2. The number of benzene rings is 3. The third-order valence-corrected chi connectivity index (χ3v) is 7.39. The van der Waals surface area contributed by atoms with Gasteiger partial charge in [-0.1, -0.05) is 36.4 Å². The molecule has 2 aliphatic carbocycles. The third-order valence-electron chi connectivity index (χ3n) is 7.39. The molecule has 224 valence electrons. The zero-order valence-corrected chi connectivity index (χ0v) is 23.0. The highest BCUT2D eigenvalue weighted by Crippen LogP contribution is 2.56. The van der Waals surface area contributed by atoms with Gasteiger partial charge < -0.3 is 0 Å². The minimum Gasteiger partial charge on any atom is -0.237 e. The van der Waals surface area contributed by atoms with Crippen LogP contribution in [0.2, 0.25) is 0 Å². The van der Waals surface area contributed by atoms with Gasteiger partial charge in [-0.15, -0.1) is 0 Å². The highest BCUT2D eigenvalue weighted by Gasteiger charge is 2.45. The molecule has 0 radical (unpaired) electrons. The second-order valence-corrected chi connectivity index (χ2v) is 9.75. The van der Waals surface area contributed by atoms with E-state index in [2.05, 4.69) is 14.5 Å². The number of hydrogen-bond acceptors (Lipinski definition) is 3. The van der Waals surface area contributed by atoms with Gasteiger partial charge in [0.25, 0.3) is 11.4 Å². The molecule has 2 aliphatic rings. The Morgan fingerprint density at radius 3 is 1.77 bits per heavy atom. The lowest BCUT2D eigenvalue weighted by molar-refractivity contribution is -0.162. The molecule has 0 aromatic heterocycles. The van der Waals surface area contributed by atoms with Gasteiger partial charge in [0, 0.05) is 22.3 Å². The highest BCUT2D eigenvalue weighted by molar-refractivity contribution is 6.29. The van der Waals surface area contributed by atoms with Crippen molar-refractivity contribution < 1.29 is 30.7 Å². The first kappa shape index (κ1) is 31.5. The van der Waals surface area contributed by atoms with Crippen LogP contribution in [0.4, 0.5) is 30.7 Å². The van der Waals surface area contributed by atoms with Gasteiger partial charge in [0.15, 0.2) is 0 Å². The van der Waals surface area contributed by atoms with E-state index in [1.807, 2.05) is 0 Å². The number of halogens is 7. The van der Waals surface area contributed by atoms with Crippen LogP contribution in [-0.4, -0.2) is 0 Å². The van der Waals surface area contributed by atoms with E-state index in [0.29, 0.717) is 11.6 Å². The Labute approximate surface area is 261 Å². The summed E-state index contributed by atoms with van der Waals surface area (Å²) in [5.41, 5.74) is -10.1. The van der Waals surface area contributed by atoms with E-state index < -0.39 is 74.1 Å². The maximum atomic E-state index is 16.9. The van der Waals surface area contributed by atoms with Gasteiger partial charge in [0.05, 0.1) is 48.6 Å². The van der Waals surface area contributed by atoms with E-state index in [9.17, 15) is 42.1 Å². The molecular formula is C34H9F7N6. The van der Waals surface area contributed by atoms with Crippen molar-refractivity contribution in [1.29, 1.82) is 15.8 Å². The number of nitriles is 3. The van der Waals surface area contributed by atoms with Crippen molar-refractivity contribution in [3.63, 3.8) is 0 Å². The average Bonchev–Trinajstić information content (AvgIpc) is 3.55. The zero-order chi connectivity index (χ0) is 34.4. The van der Waals surface area contributed by atoms with E-state index in [1.165, 1.54) is 18.2 Å². The molecule has 6 nitrogen and oxygen atoms in total. The maximum absolute atomic E-state index is 16.9. The lowest BCUT2D eigenvalue weighted by Crippen LogP contribution is -2.16. The van der Waals surface area contributed by atoms with Gasteiger partial charge in [0.1, 0.15) is 11.9 Å². The van der Waals surface area contributed by atoms with Gasteiger partial charge in [-0.3, -0.25) is 0 Å². The Balaban J connectivity index is 1.96. The highest BCUT2D eigenvalue weighted by atomic mass is 19.4. The molecule has 0 spiro atoms. The predicted octanol–water partition coefficient (Wildman–Crippen LogP) is 9.42. The summed E-state index contributed by atoms with van der Waals surface area (Å²) in [7, 11) is 0. The molecule has 0 saturated carbocycles. The Morgan fingerprint density at radius 1 is 0.660 bits per heavy atom. The fourth-order valence-electron chi connectivity index (χ4n) is 5.62. The smallest absolute Gasteiger partial charge is 0.237 e. The van der Waals surface area contributed by atoms with Gasteiger partial charge in [-0.2, -0.15) is 31.6 Å². The molecule has 47 heavy (non-hydrogen) atoms. The molecule has 0 heterocycles. The lowest BCUT2D eigenvalue weighted by Gasteiger charge is -2.18. The zero-order valence-electron chi connectivity index (χ0n) is 23.0. The number of nitrogens with zero attached hydrogens (tertiary/aromatic N) is 6. The molecule has 0 N–H and O–H groups in total. The van der Waals surface area contributed by atoms with E-state index in [1.54, 1.807) is 30.3 Å². The summed E-state index contributed by atoms with van der Waals surface area (Å²) in [4.78, 5) is 9.75. The molecule has 13 heteroatoms. The van der Waals surface area contributed by atoms with Gasteiger partial charge in [-0.05, 0) is 51.6 Å². The summed E-state index contributed by atoms with van der Waals surface area (Å²) in [6.45, 7) is 23.0. The van der Waals surface area contributed by atoms with E-state index in [-0.39, 0.29) is 40.1 Å². The Hall–Kier alpha value is -6.93. The van der Waals surface area contributed by atoms with Crippen molar-refractivity contribution in [2.75, 3.05) is 0 Å². The summed E-state index contributed by atoms with van der Waals surface area (Å²) in [5, 5.41) is 29.9. The SMILES string of the molecule is [C-]#[N+]C1=C(c2ccccc2)/C(=C(/C#N)[N+]#[C-])c2cc3c(c(F)c21)/C(=C(/C#N)[N+]#[C-])C(c1ccc(C(F)(F)F)c(C(F)(F)F)c1)=C3C#N. The maximum Gasteiger partial charge on any atom is 0.417 e. The molecule has 0 atom stereocenters. The Morgan fingerprint density at radius 2 is 1.26 bits per heavy atom. The Kier molecular flexibility index (Phi) is 7.51. The van der Waals surface area contributed by atoms with Crippen molar-refractivity contribution in [2.45, 2.75) is 12.4 Å². The van der Waals surface area contributed by atoms with Crippen LogP contribution in [0.15, 0.2) is 66.0 Å². The molecule has 0 saturated heterocycles. The Bertz CT molecular complexity index is 2300. The standard InChI is InChI=1S/C34H9F7N6/c1-45-23(14-43)27-19-12-18-20(13-42)25(17-9-10-21(33(36,37)38)22(11-17)34(39,40)41)30(24(15-44)46-2)28(18)31(35)29(19)32(47-3)26(27)16-7-5-4-6-8-16/h4-12H/b27-23-,30-24-. The first-order valence-corrected chi connectivity index (χ1v) is 12.8. The summed E-state index contributed by atoms with van der Waals surface area (Å²) in [6.07, 6.45) is -11.0. The van der Waals surface area contributed by atoms with Crippen LogP contribution in [0, 0.1) is 59.5 Å². The average molecular weight is 634 g/mol. The fraction of sp³-hybridized carbons (Fsp3) is 0.0588. The van der Waals surface area contributed by atoms with Gasteiger partial charge in [0.2, 0.25) is 5.70 Å². The summed E-state index contributed by atoms with van der Waals surface area (Å²) < 4.78 is 99.3. The summed E-state index contributed by atoms with van der Waals surface area (Å²) in [6, 6.07) is 14.8. The number of alkyl halides is 6. The molecule has 3 aromatic carbocycles. The normalized spacial score (nSPS) is 15.8. The molecule has 0 fully saturated rings. The van der Waals surface area contributed by atoms with Crippen LogP contribution in [0.5, 0.6) is 0 Å². The predicted molar refractivity (Wildman–Crippen MR) is 153 cm³/mol. The van der Waals surface area contributed by atoms with E-state index in [0.717, 1.165) is 6.07 Å². The van der Waals surface area contributed by atoms with Crippen molar-refractivity contribution in [2.24, 2.45) is 0 Å². The monoisotopic (exact) mass is 634 g/mol. The summed E-state index contributed by atoms with van der Waals surface area (Å²) in [5.74, 6) is -1.30. The van der Waals surface area contributed by atoms with Crippen LogP contribution >= 0.6 is 0 Å². The van der Waals surface area contributed by atoms with Gasteiger partial charge >= 0.3 is 12.4 Å². The molecule has 0 aliphatic heterocycles. The van der Waals surface area contributed by atoms with E-state index in [4.69, 9.17) is 19.7 Å².